The van der Waals surface area contributed by atoms with Crippen LogP contribution < -0.4 is 15.5 Å². The molecule has 1 heterocycles. The Bertz CT molecular complexity index is 930. The fraction of sp³-hybridized carbons (Fsp3) is 0.211. The second-order valence-electron chi connectivity index (χ2n) is 6.18. The van der Waals surface area contributed by atoms with Gasteiger partial charge in [0.25, 0.3) is 0 Å². The van der Waals surface area contributed by atoms with Gasteiger partial charge in [-0.3, -0.25) is 14.4 Å². The number of hydrogen-bond acceptors (Lipinski definition) is 3. The second-order valence-corrected chi connectivity index (χ2v) is 6.18. The standard InChI is InChI=1S/C19H17F2N3O3/c1-11-4-6-13(10-16(11)24-8-2-3-17(24)25)22-18(26)19(27)23-15-9-12(20)5-7-14(15)21/h4-7,9-10H,2-3,8H2,1H3,(H,22,26)(H,23,27). The topological polar surface area (TPSA) is 78.5 Å². The van der Waals surface area contributed by atoms with Crippen molar-refractivity contribution in [3.05, 3.63) is 53.6 Å². The number of aryl methyl sites for hydroxylation is 1. The Labute approximate surface area is 154 Å². The molecule has 1 fully saturated rings. The summed E-state index contributed by atoms with van der Waals surface area (Å²) in [5, 5.41) is 4.43. The number of carbonyl (C=O) groups is 3. The molecule has 1 aliphatic rings. The minimum absolute atomic E-state index is 0.000832. The van der Waals surface area contributed by atoms with Crippen LogP contribution in [0.3, 0.4) is 0 Å². The molecule has 0 aromatic heterocycles. The number of benzene rings is 2. The summed E-state index contributed by atoms with van der Waals surface area (Å²) in [6, 6.07) is 7.45. The normalized spacial score (nSPS) is 13.6. The van der Waals surface area contributed by atoms with Gasteiger partial charge in [0.05, 0.1) is 5.69 Å². The van der Waals surface area contributed by atoms with Crippen molar-refractivity contribution in [1.82, 2.24) is 0 Å². The van der Waals surface area contributed by atoms with E-state index in [0.29, 0.717) is 24.3 Å². The first-order chi connectivity index (χ1) is 12.8. The summed E-state index contributed by atoms with van der Waals surface area (Å²) in [5.41, 5.74) is 1.40. The van der Waals surface area contributed by atoms with Crippen LogP contribution in [0.2, 0.25) is 0 Å². The molecule has 27 heavy (non-hydrogen) atoms. The summed E-state index contributed by atoms with van der Waals surface area (Å²) in [7, 11) is 0. The summed E-state index contributed by atoms with van der Waals surface area (Å²) in [6.07, 6.45) is 1.23. The summed E-state index contributed by atoms with van der Waals surface area (Å²) < 4.78 is 26.7. The first-order valence-corrected chi connectivity index (χ1v) is 8.33. The molecule has 1 saturated heterocycles. The van der Waals surface area contributed by atoms with E-state index >= 15 is 0 Å². The van der Waals surface area contributed by atoms with Crippen molar-refractivity contribution in [2.75, 3.05) is 22.1 Å². The lowest BCUT2D eigenvalue weighted by molar-refractivity contribution is -0.133. The van der Waals surface area contributed by atoms with Crippen molar-refractivity contribution in [3.63, 3.8) is 0 Å². The predicted octanol–water partition coefficient (Wildman–Crippen LogP) is 2.98. The van der Waals surface area contributed by atoms with E-state index in [1.165, 1.54) is 0 Å². The molecular formula is C19H17F2N3O3. The number of nitrogens with one attached hydrogen (secondary N) is 2. The van der Waals surface area contributed by atoms with Crippen LogP contribution in [0.1, 0.15) is 18.4 Å². The molecule has 0 bridgehead atoms. The quantitative estimate of drug-likeness (QED) is 0.812. The molecular weight excluding hydrogens is 356 g/mol. The molecule has 8 heteroatoms. The van der Waals surface area contributed by atoms with Crippen LogP contribution in [0.5, 0.6) is 0 Å². The van der Waals surface area contributed by atoms with E-state index in [9.17, 15) is 23.2 Å². The molecule has 0 aliphatic carbocycles. The molecule has 0 unspecified atom stereocenters. The summed E-state index contributed by atoms with van der Waals surface area (Å²) in [6.45, 7) is 2.43. The van der Waals surface area contributed by atoms with Gasteiger partial charge < -0.3 is 15.5 Å². The van der Waals surface area contributed by atoms with E-state index in [-0.39, 0.29) is 5.91 Å². The molecule has 140 valence electrons. The highest BCUT2D eigenvalue weighted by Gasteiger charge is 2.24. The van der Waals surface area contributed by atoms with Crippen LogP contribution in [0, 0.1) is 18.6 Å². The molecule has 0 saturated carbocycles. The van der Waals surface area contributed by atoms with Gasteiger partial charge >= 0.3 is 11.8 Å². The Hall–Kier alpha value is -3.29. The molecule has 1 aliphatic heterocycles. The summed E-state index contributed by atoms with van der Waals surface area (Å²) in [4.78, 5) is 37.6. The maximum atomic E-state index is 13.6. The minimum Gasteiger partial charge on any atom is -0.318 e. The zero-order valence-electron chi connectivity index (χ0n) is 14.5. The van der Waals surface area contributed by atoms with E-state index < -0.39 is 29.1 Å². The Kier molecular flexibility index (Phi) is 5.16. The number of nitrogens with zero attached hydrogens (tertiary/aromatic N) is 1. The lowest BCUT2D eigenvalue weighted by atomic mass is 10.1. The van der Waals surface area contributed by atoms with E-state index in [2.05, 4.69) is 5.32 Å². The Morgan fingerprint density at radius 2 is 1.78 bits per heavy atom. The van der Waals surface area contributed by atoms with Gasteiger partial charge in [0.15, 0.2) is 0 Å². The smallest absolute Gasteiger partial charge is 0.314 e. The van der Waals surface area contributed by atoms with Crippen molar-refractivity contribution in [3.8, 4) is 0 Å². The van der Waals surface area contributed by atoms with Crippen molar-refractivity contribution < 1.29 is 23.2 Å². The average Bonchev–Trinajstić information content (AvgIpc) is 3.05. The van der Waals surface area contributed by atoms with E-state index in [1.54, 1.807) is 23.1 Å². The van der Waals surface area contributed by atoms with Crippen molar-refractivity contribution in [1.29, 1.82) is 0 Å². The highest BCUT2D eigenvalue weighted by Crippen LogP contribution is 2.28. The zero-order chi connectivity index (χ0) is 19.6. The monoisotopic (exact) mass is 373 g/mol. The van der Waals surface area contributed by atoms with Gasteiger partial charge in [-0.2, -0.15) is 0 Å². The highest BCUT2D eigenvalue weighted by atomic mass is 19.1. The van der Waals surface area contributed by atoms with Crippen LogP contribution >= 0.6 is 0 Å². The largest absolute Gasteiger partial charge is 0.318 e. The highest BCUT2D eigenvalue weighted by molar-refractivity contribution is 6.43. The number of amides is 3. The molecule has 0 atom stereocenters. The van der Waals surface area contributed by atoms with E-state index in [1.807, 2.05) is 12.2 Å². The molecule has 2 aromatic rings. The number of hydrogen-bond donors (Lipinski definition) is 2. The summed E-state index contributed by atoms with van der Waals surface area (Å²) in [5.74, 6) is -3.78. The van der Waals surface area contributed by atoms with Crippen molar-refractivity contribution in [2.45, 2.75) is 19.8 Å². The molecule has 2 N–H and O–H groups in total. The number of carbonyl (C=O) groups excluding carboxylic acids is 3. The lowest BCUT2D eigenvalue weighted by Crippen LogP contribution is -2.30. The third-order valence-electron chi connectivity index (χ3n) is 4.21. The Morgan fingerprint density at radius 3 is 2.48 bits per heavy atom. The summed E-state index contributed by atoms with van der Waals surface area (Å²) >= 11 is 0. The van der Waals surface area contributed by atoms with Gasteiger partial charge in [-0.1, -0.05) is 6.07 Å². The minimum atomic E-state index is -1.14. The second kappa shape index (κ2) is 7.53. The first-order valence-electron chi connectivity index (χ1n) is 8.33. The fourth-order valence-corrected chi connectivity index (χ4v) is 2.84. The molecule has 3 rings (SSSR count). The third kappa shape index (κ3) is 4.11. The average molecular weight is 373 g/mol. The van der Waals surface area contributed by atoms with Gasteiger partial charge in [-0.05, 0) is 43.2 Å². The van der Waals surface area contributed by atoms with Crippen LogP contribution in [-0.4, -0.2) is 24.3 Å². The third-order valence-corrected chi connectivity index (χ3v) is 4.21. The van der Waals surface area contributed by atoms with Gasteiger partial charge in [0.1, 0.15) is 11.6 Å². The van der Waals surface area contributed by atoms with E-state index in [4.69, 9.17) is 0 Å². The van der Waals surface area contributed by atoms with Crippen LogP contribution in [-0.2, 0) is 14.4 Å². The molecule has 0 radical (unpaired) electrons. The van der Waals surface area contributed by atoms with Crippen molar-refractivity contribution >= 4 is 34.8 Å². The van der Waals surface area contributed by atoms with Gasteiger partial charge in [-0.15, -0.1) is 0 Å². The van der Waals surface area contributed by atoms with Crippen LogP contribution in [0.15, 0.2) is 36.4 Å². The molecule has 2 aromatic carbocycles. The van der Waals surface area contributed by atoms with Crippen LogP contribution in [0.4, 0.5) is 25.8 Å². The Morgan fingerprint density at radius 1 is 1.04 bits per heavy atom. The molecule has 3 amide bonds. The Balaban J connectivity index is 1.73. The van der Waals surface area contributed by atoms with Gasteiger partial charge in [0, 0.05) is 30.4 Å². The van der Waals surface area contributed by atoms with Crippen LogP contribution in [0.25, 0.3) is 0 Å². The van der Waals surface area contributed by atoms with Gasteiger partial charge in [-0.25, -0.2) is 8.78 Å². The van der Waals surface area contributed by atoms with Crippen molar-refractivity contribution in [2.24, 2.45) is 0 Å². The molecule has 6 nitrogen and oxygen atoms in total. The number of halogens is 2. The van der Waals surface area contributed by atoms with Gasteiger partial charge in [0.2, 0.25) is 5.91 Å². The number of anilines is 3. The fourth-order valence-electron chi connectivity index (χ4n) is 2.84. The molecule has 0 spiro atoms. The number of rotatable bonds is 3. The lowest BCUT2D eigenvalue weighted by Gasteiger charge is -2.19. The maximum absolute atomic E-state index is 13.6. The zero-order valence-corrected chi connectivity index (χ0v) is 14.5. The van der Waals surface area contributed by atoms with E-state index in [0.717, 1.165) is 30.2 Å². The maximum Gasteiger partial charge on any atom is 0.314 e. The SMILES string of the molecule is Cc1ccc(NC(=O)C(=O)Nc2cc(F)ccc2F)cc1N1CCCC1=O. The first kappa shape index (κ1) is 18.5. The predicted molar refractivity (Wildman–Crippen MR) is 96.4 cm³/mol.